The lowest BCUT2D eigenvalue weighted by Crippen LogP contribution is -2.06. The second kappa shape index (κ2) is 6.84. The van der Waals surface area contributed by atoms with E-state index in [0.29, 0.717) is 19.3 Å². The zero-order valence-corrected chi connectivity index (χ0v) is 13.2. The number of carbonyl (C=O) groups is 2. The van der Waals surface area contributed by atoms with Gasteiger partial charge in [-0.15, -0.1) is 0 Å². The number of Topliss-reactive ketones (excluding diaryl/α,β-unsaturated/α-hetero) is 2. The normalized spacial score (nSPS) is 16.5. The van der Waals surface area contributed by atoms with Crippen LogP contribution in [0.4, 0.5) is 0 Å². The Bertz CT molecular complexity index is 581. The van der Waals surface area contributed by atoms with Crippen LogP contribution < -0.4 is 0 Å². The Kier molecular flexibility index (Phi) is 5.11. The summed E-state index contributed by atoms with van der Waals surface area (Å²) in [5.74, 6) is 0.478. The Morgan fingerprint density at radius 1 is 1.10 bits per heavy atom. The SMILES string of the molecule is CCC1=CC(CC(=O)CCC(C)=O)c2cccc(CC)c21. The molecule has 0 radical (unpaired) electrons. The Balaban J connectivity index is 2.19. The number of carbonyl (C=O) groups excluding carboxylic acids is 2. The molecule has 1 aliphatic rings. The van der Waals surface area contributed by atoms with Crippen molar-refractivity contribution in [1.29, 1.82) is 0 Å². The number of ketones is 2. The number of aryl methyl sites for hydroxylation is 1. The van der Waals surface area contributed by atoms with Crippen molar-refractivity contribution in [2.24, 2.45) is 0 Å². The third-order valence-electron chi connectivity index (χ3n) is 4.27. The van der Waals surface area contributed by atoms with Gasteiger partial charge in [-0.2, -0.15) is 0 Å². The first-order valence-electron chi connectivity index (χ1n) is 7.90. The van der Waals surface area contributed by atoms with E-state index in [9.17, 15) is 9.59 Å². The molecule has 1 aromatic rings. The maximum atomic E-state index is 12.1. The summed E-state index contributed by atoms with van der Waals surface area (Å²) in [5.41, 5.74) is 5.40. The second-order valence-electron chi connectivity index (χ2n) is 5.83. The highest BCUT2D eigenvalue weighted by Gasteiger charge is 2.25. The van der Waals surface area contributed by atoms with Crippen LogP contribution >= 0.6 is 0 Å². The zero-order valence-electron chi connectivity index (χ0n) is 13.2. The van der Waals surface area contributed by atoms with E-state index in [-0.39, 0.29) is 17.5 Å². The molecule has 0 aliphatic heterocycles. The van der Waals surface area contributed by atoms with Gasteiger partial charge in [-0.1, -0.05) is 38.1 Å². The Hall–Kier alpha value is -1.70. The molecule has 112 valence electrons. The maximum absolute atomic E-state index is 12.1. The summed E-state index contributed by atoms with van der Waals surface area (Å²) in [4.78, 5) is 23.1. The molecule has 1 atom stereocenters. The lowest BCUT2D eigenvalue weighted by molar-refractivity contribution is -0.123. The summed E-state index contributed by atoms with van der Waals surface area (Å²) in [5, 5.41) is 0. The first-order chi connectivity index (χ1) is 10.1. The monoisotopic (exact) mass is 284 g/mol. The van der Waals surface area contributed by atoms with Crippen molar-refractivity contribution in [1.82, 2.24) is 0 Å². The van der Waals surface area contributed by atoms with Crippen LogP contribution in [0.25, 0.3) is 5.57 Å². The first kappa shape index (κ1) is 15.7. The number of hydrogen-bond acceptors (Lipinski definition) is 2. The molecule has 2 rings (SSSR count). The number of fused-ring (bicyclic) bond motifs is 1. The van der Waals surface area contributed by atoms with Gasteiger partial charge < -0.3 is 4.79 Å². The van der Waals surface area contributed by atoms with Crippen molar-refractivity contribution in [3.05, 3.63) is 41.0 Å². The molecule has 1 aliphatic carbocycles. The van der Waals surface area contributed by atoms with Crippen molar-refractivity contribution >= 4 is 17.1 Å². The fraction of sp³-hybridized carbons (Fsp3) is 0.474. The average molecular weight is 284 g/mol. The largest absolute Gasteiger partial charge is 0.300 e. The zero-order chi connectivity index (χ0) is 15.4. The highest BCUT2D eigenvalue weighted by atomic mass is 16.1. The molecule has 0 saturated heterocycles. The van der Waals surface area contributed by atoms with E-state index in [0.717, 1.165) is 12.8 Å². The van der Waals surface area contributed by atoms with Gasteiger partial charge in [-0.3, -0.25) is 4.79 Å². The molecule has 0 saturated carbocycles. The minimum atomic E-state index is 0.0910. The Morgan fingerprint density at radius 2 is 1.86 bits per heavy atom. The number of rotatable bonds is 7. The topological polar surface area (TPSA) is 34.1 Å². The number of benzene rings is 1. The van der Waals surface area contributed by atoms with Crippen molar-refractivity contribution in [3.8, 4) is 0 Å². The molecule has 0 N–H and O–H groups in total. The summed E-state index contributed by atoms with van der Waals surface area (Å²) >= 11 is 0. The van der Waals surface area contributed by atoms with Gasteiger partial charge in [0.15, 0.2) is 0 Å². The van der Waals surface area contributed by atoms with Gasteiger partial charge in [0.2, 0.25) is 0 Å². The van der Waals surface area contributed by atoms with E-state index in [1.54, 1.807) is 6.92 Å². The summed E-state index contributed by atoms with van der Waals surface area (Å²) in [6.07, 6.45) is 5.56. The van der Waals surface area contributed by atoms with Gasteiger partial charge in [0.05, 0.1) is 0 Å². The van der Waals surface area contributed by atoms with Crippen molar-refractivity contribution in [2.45, 2.75) is 58.8 Å². The summed E-state index contributed by atoms with van der Waals surface area (Å²) in [7, 11) is 0. The lowest BCUT2D eigenvalue weighted by atomic mass is 9.91. The van der Waals surface area contributed by atoms with Crippen LogP contribution in [0.5, 0.6) is 0 Å². The maximum Gasteiger partial charge on any atom is 0.134 e. The van der Waals surface area contributed by atoms with Crippen molar-refractivity contribution < 1.29 is 9.59 Å². The molecule has 1 unspecified atom stereocenters. The van der Waals surface area contributed by atoms with E-state index in [2.05, 4.69) is 38.1 Å². The molecule has 0 aromatic heterocycles. The van der Waals surface area contributed by atoms with Crippen LogP contribution in [0.1, 0.15) is 69.1 Å². The molecule has 1 aromatic carbocycles. The number of allylic oxidation sites excluding steroid dienone is 2. The van der Waals surface area contributed by atoms with Gasteiger partial charge in [-0.05, 0) is 42.0 Å². The number of hydrogen-bond donors (Lipinski definition) is 0. The molecule has 21 heavy (non-hydrogen) atoms. The minimum Gasteiger partial charge on any atom is -0.300 e. The standard InChI is InChI=1S/C19H24O2/c1-4-14-7-6-8-18-16(11-15(5-2)19(14)18)12-17(21)10-9-13(3)20/h6-8,11,16H,4-5,9-10,12H2,1-3H3. The van der Waals surface area contributed by atoms with E-state index in [1.165, 1.54) is 22.3 Å². The Morgan fingerprint density at radius 3 is 2.48 bits per heavy atom. The van der Waals surface area contributed by atoms with E-state index >= 15 is 0 Å². The van der Waals surface area contributed by atoms with Gasteiger partial charge >= 0.3 is 0 Å². The van der Waals surface area contributed by atoms with E-state index < -0.39 is 0 Å². The second-order valence-corrected chi connectivity index (χ2v) is 5.83. The molecule has 0 fully saturated rings. The minimum absolute atomic E-state index is 0.0910. The molecule has 0 bridgehead atoms. The van der Waals surface area contributed by atoms with Gasteiger partial charge in [0.25, 0.3) is 0 Å². The molecular formula is C19H24O2. The lowest BCUT2D eigenvalue weighted by Gasteiger charge is -2.13. The molecule has 2 heteroatoms. The average Bonchev–Trinajstić information content (AvgIpc) is 2.83. The van der Waals surface area contributed by atoms with Crippen LogP contribution in [0.15, 0.2) is 24.3 Å². The summed E-state index contributed by atoms with van der Waals surface area (Å²) in [6.45, 7) is 5.89. The third-order valence-corrected chi connectivity index (χ3v) is 4.27. The van der Waals surface area contributed by atoms with Gasteiger partial charge in [0, 0.05) is 25.2 Å². The molecule has 0 amide bonds. The Labute approximate surface area is 127 Å². The highest BCUT2D eigenvalue weighted by Crippen LogP contribution is 2.41. The molecule has 0 spiro atoms. The van der Waals surface area contributed by atoms with E-state index in [1.807, 2.05) is 0 Å². The predicted molar refractivity (Wildman–Crippen MR) is 86.4 cm³/mol. The first-order valence-corrected chi connectivity index (χ1v) is 7.90. The smallest absolute Gasteiger partial charge is 0.134 e. The summed E-state index contributed by atoms with van der Waals surface area (Å²) in [6, 6.07) is 6.43. The van der Waals surface area contributed by atoms with Crippen LogP contribution in [0, 0.1) is 0 Å². The van der Waals surface area contributed by atoms with Crippen LogP contribution in [-0.4, -0.2) is 11.6 Å². The quantitative estimate of drug-likeness (QED) is 0.740. The highest BCUT2D eigenvalue weighted by molar-refractivity contribution is 5.87. The van der Waals surface area contributed by atoms with Gasteiger partial charge in [0.1, 0.15) is 11.6 Å². The summed E-state index contributed by atoms with van der Waals surface area (Å²) < 4.78 is 0. The predicted octanol–water partition coefficient (Wildman–Crippen LogP) is 4.47. The van der Waals surface area contributed by atoms with Crippen molar-refractivity contribution in [3.63, 3.8) is 0 Å². The fourth-order valence-corrected chi connectivity index (χ4v) is 3.16. The fourth-order valence-electron chi connectivity index (χ4n) is 3.16. The van der Waals surface area contributed by atoms with Gasteiger partial charge in [-0.25, -0.2) is 0 Å². The van der Waals surface area contributed by atoms with Crippen LogP contribution in [0.3, 0.4) is 0 Å². The van der Waals surface area contributed by atoms with E-state index in [4.69, 9.17) is 0 Å². The van der Waals surface area contributed by atoms with Crippen molar-refractivity contribution in [2.75, 3.05) is 0 Å². The molecule has 0 heterocycles. The van der Waals surface area contributed by atoms with Crippen LogP contribution in [-0.2, 0) is 16.0 Å². The third kappa shape index (κ3) is 3.49. The molecule has 2 nitrogen and oxygen atoms in total. The van der Waals surface area contributed by atoms with Crippen LogP contribution in [0.2, 0.25) is 0 Å². The molecular weight excluding hydrogens is 260 g/mol.